The van der Waals surface area contributed by atoms with Crippen LogP contribution in [0.1, 0.15) is 17.5 Å². The zero-order valence-electron chi connectivity index (χ0n) is 7.67. The molecule has 0 atom stereocenters. The monoisotopic (exact) mass is 192 g/mol. The highest BCUT2D eigenvalue weighted by molar-refractivity contribution is 5.76. The van der Waals surface area contributed by atoms with Crippen molar-refractivity contribution < 1.29 is 9.18 Å². The first-order valence-electron chi connectivity index (χ1n) is 3.99. The van der Waals surface area contributed by atoms with Crippen molar-refractivity contribution in [1.29, 1.82) is 0 Å². The standard InChI is InChI=1S/C10H9FN2O/c1-7-6-13-9(11)5-8(7)3-2-4-10(12)14/h5-6H,4H2,1H3,(H2,12,14). The highest BCUT2D eigenvalue weighted by Gasteiger charge is 1.97. The SMILES string of the molecule is Cc1cnc(F)cc1C#CCC(N)=O. The number of aryl methyl sites for hydroxylation is 1. The van der Waals surface area contributed by atoms with E-state index in [1.807, 2.05) is 0 Å². The van der Waals surface area contributed by atoms with Crippen LogP contribution in [0, 0.1) is 24.7 Å². The summed E-state index contributed by atoms with van der Waals surface area (Å²) in [4.78, 5) is 13.8. The van der Waals surface area contributed by atoms with Crippen LogP contribution in [0.2, 0.25) is 0 Å². The molecule has 1 heterocycles. The second-order valence-corrected chi connectivity index (χ2v) is 2.77. The molecule has 0 aliphatic heterocycles. The second kappa shape index (κ2) is 4.38. The van der Waals surface area contributed by atoms with Crippen LogP contribution in [0.3, 0.4) is 0 Å². The van der Waals surface area contributed by atoms with E-state index >= 15 is 0 Å². The fourth-order valence-corrected chi connectivity index (χ4v) is 0.859. The Labute approximate surface area is 81.1 Å². The van der Waals surface area contributed by atoms with Gasteiger partial charge in [0.05, 0.1) is 6.42 Å². The van der Waals surface area contributed by atoms with E-state index in [4.69, 9.17) is 5.73 Å². The minimum Gasteiger partial charge on any atom is -0.369 e. The summed E-state index contributed by atoms with van der Waals surface area (Å²) in [6, 6.07) is 1.23. The number of pyridine rings is 1. The highest BCUT2D eigenvalue weighted by atomic mass is 19.1. The molecule has 72 valence electrons. The quantitative estimate of drug-likeness (QED) is 0.527. The van der Waals surface area contributed by atoms with Gasteiger partial charge in [0.25, 0.3) is 0 Å². The Morgan fingerprint density at radius 3 is 3.07 bits per heavy atom. The van der Waals surface area contributed by atoms with Crippen LogP contribution < -0.4 is 5.73 Å². The average Bonchev–Trinajstić information content (AvgIpc) is 2.10. The van der Waals surface area contributed by atoms with Gasteiger partial charge in [-0.3, -0.25) is 4.79 Å². The van der Waals surface area contributed by atoms with Gasteiger partial charge < -0.3 is 5.73 Å². The number of carbonyl (C=O) groups excluding carboxylic acids is 1. The number of halogens is 1. The third-order valence-corrected chi connectivity index (χ3v) is 1.56. The second-order valence-electron chi connectivity index (χ2n) is 2.77. The molecule has 1 amide bonds. The van der Waals surface area contributed by atoms with Crippen LogP contribution in [-0.2, 0) is 4.79 Å². The van der Waals surface area contributed by atoms with Gasteiger partial charge in [0, 0.05) is 17.8 Å². The summed E-state index contributed by atoms with van der Waals surface area (Å²) in [6.07, 6.45) is 1.37. The highest BCUT2D eigenvalue weighted by Crippen LogP contribution is 2.05. The lowest BCUT2D eigenvalue weighted by Gasteiger charge is -1.95. The number of nitrogens with zero attached hydrogens (tertiary/aromatic N) is 1. The Morgan fingerprint density at radius 1 is 1.71 bits per heavy atom. The summed E-state index contributed by atoms with van der Waals surface area (Å²) >= 11 is 0. The van der Waals surface area contributed by atoms with Crippen molar-refractivity contribution >= 4 is 5.91 Å². The lowest BCUT2D eigenvalue weighted by atomic mass is 10.1. The molecule has 0 aliphatic carbocycles. The number of hydrogen-bond acceptors (Lipinski definition) is 2. The topological polar surface area (TPSA) is 56.0 Å². The number of rotatable bonds is 1. The van der Waals surface area contributed by atoms with E-state index in [1.54, 1.807) is 6.92 Å². The summed E-state index contributed by atoms with van der Waals surface area (Å²) in [6.45, 7) is 1.76. The van der Waals surface area contributed by atoms with Crippen LogP contribution in [-0.4, -0.2) is 10.9 Å². The Hall–Kier alpha value is -1.89. The Balaban J connectivity index is 2.88. The number of hydrogen-bond donors (Lipinski definition) is 1. The fourth-order valence-electron chi connectivity index (χ4n) is 0.859. The molecule has 0 aromatic carbocycles. The lowest BCUT2D eigenvalue weighted by molar-refractivity contribution is -0.117. The van der Waals surface area contributed by atoms with Gasteiger partial charge in [0.1, 0.15) is 0 Å². The number of nitrogens with two attached hydrogens (primary N) is 1. The molecule has 14 heavy (non-hydrogen) atoms. The first-order valence-corrected chi connectivity index (χ1v) is 3.99. The fraction of sp³-hybridized carbons (Fsp3) is 0.200. The summed E-state index contributed by atoms with van der Waals surface area (Å²) in [7, 11) is 0. The van der Waals surface area contributed by atoms with Crippen LogP contribution in [0.4, 0.5) is 4.39 Å². The molecule has 0 saturated heterocycles. The van der Waals surface area contributed by atoms with E-state index in [1.165, 1.54) is 12.3 Å². The minimum absolute atomic E-state index is 0.0244. The molecule has 0 saturated carbocycles. The van der Waals surface area contributed by atoms with Crippen molar-refractivity contribution in [3.8, 4) is 11.8 Å². The lowest BCUT2D eigenvalue weighted by Crippen LogP contribution is -2.08. The predicted octanol–water partition coefficient (Wildman–Crippen LogP) is 0.756. The molecular weight excluding hydrogens is 183 g/mol. The van der Waals surface area contributed by atoms with Crippen LogP contribution in [0.5, 0.6) is 0 Å². The Morgan fingerprint density at radius 2 is 2.43 bits per heavy atom. The summed E-state index contributed by atoms with van der Waals surface area (Å²) in [5.41, 5.74) is 6.19. The predicted molar refractivity (Wildman–Crippen MR) is 49.6 cm³/mol. The van der Waals surface area contributed by atoms with Gasteiger partial charge in [-0.1, -0.05) is 11.8 Å². The molecule has 2 N–H and O–H groups in total. The number of amides is 1. The first-order chi connectivity index (χ1) is 6.59. The minimum atomic E-state index is -0.584. The number of aromatic nitrogens is 1. The molecule has 0 fully saturated rings. The van der Waals surface area contributed by atoms with Crippen LogP contribution in [0.25, 0.3) is 0 Å². The van der Waals surface area contributed by atoms with Gasteiger partial charge in [-0.25, -0.2) is 4.98 Å². The van der Waals surface area contributed by atoms with Crippen molar-refractivity contribution in [2.45, 2.75) is 13.3 Å². The molecule has 0 radical (unpaired) electrons. The van der Waals surface area contributed by atoms with Gasteiger partial charge in [-0.2, -0.15) is 4.39 Å². The van der Waals surface area contributed by atoms with Crippen molar-refractivity contribution in [2.75, 3.05) is 0 Å². The molecule has 0 unspecified atom stereocenters. The smallest absolute Gasteiger partial charge is 0.229 e. The Kier molecular flexibility index (Phi) is 3.19. The molecule has 1 aromatic heterocycles. The molecule has 3 nitrogen and oxygen atoms in total. The number of primary amides is 1. The van der Waals surface area contributed by atoms with Gasteiger partial charge in [0.15, 0.2) is 0 Å². The maximum absolute atomic E-state index is 12.7. The normalized spacial score (nSPS) is 9.00. The molecular formula is C10H9FN2O. The maximum atomic E-state index is 12.7. The van der Waals surface area contributed by atoms with Crippen molar-refractivity contribution in [2.24, 2.45) is 5.73 Å². The van der Waals surface area contributed by atoms with Crippen molar-refractivity contribution in [1.82, 2.24) is 4.98 Å². The molecule has 0 bridgehead atoms. The third kappa shape index (κ3) is 2.87. The molecule has 4 heteroatoms. The van der Waals surface area contributed by atoms with E-state index in [-0.39, 0.29) is 6.42 Å². The van der Waals surface area contributed by atoms with E-state index in [0.29, 0.717) is 5.56 Å². The summed E-state index contributed by atoms with van der Waals surface area (Å²) in [5, 5.41) is 0. The van der Waals surface area contributed by atoms with Gasteiger partial charge in [-0.05, 0) is 12.5 Å². The molecule has 1 aromatic rings. The zero-order chi connectivity index (χ0) is 10.6. The first kappa shape index (κ1) is 10.2. The number of carbonyl (C=O) groups is 1. The van der Waals surface area contributed by atoms with E-state index in [9.17, 15) is 9.18 Å². The maximum Gasteiger partial charge on any atom is 0.229 e. The molecule has 0 aliphatic rings. The average molecular weight is 192 g/mol. The van der Waals surface area contributed by atoms with Crippen LogP contribution >= 0.6 is 0 Å². The Bertz CT molecular complexity index is 418. The summed E-state index contributed by atoms with van der Waals surface area (Å²) < 4.78 is 12.7. The zero-order valence-corrected chi connectivity index (χ0v) is 7.67. The van der Waals surface area contributed by atoms with E-state index < -0.39 is 11.9 Å². The molecule has 0 spiro atoms. The largest absolute Gasteiger partial charge is 0.369 e. The van der Waals surface area contributed by atoms with E-state index in [2.05, 4.69) is 16.8 Å². The molecule has 1 rings (SSSR count). The van der Waals surface area contributed by atoms with Crippen molar-refractivity contribution in [3.05, 3.63) is 29.3 Å². The van der Waals surface area contributed by atoms with Crippen molar-refractivity contribution in [3.63, 3.8) is 0 Å². The van der Waals surface area contributed by atoms with Crippen LogP contribution in [0.15, 0.2) is 12.3 Å². The van der Waals surface area contributed by atoms with E-state index in [0.717, 1.165) is 5.56 Å². The van der Waals surface area contributed by atoms with Gasteiger partial charge in [-0.15, -0.1) is 0 Å². The summed E-state index contributed by atoms with van der Waals surface area (Å²) in [5.74, 6) is 4.12. The third-order valence-electron chi connectivity index (χ3n) is 1.56. The van der Waals surface area contributed by atoms with Gasteiger partial charge >= 0.3 is 0 Å². The van der Waals surface area contributed by atoms with Gasteiger partial charge in [0.2, 0.25) is 11.9 Å².